The summed E-state index contributed by atoms with van der Waals surface area (Å²) in [5.74, 6) is -1.57. The highest BCUT2D eigenvalue weighted by Gasteiger charge is 2.16. The third-order valence-corrected chi connectivity index (χ3v) is 5.08. The standard InChI is InChI=1S/C20H19F2N5O2S/c21-14-3-1-13(2-4-14)11-24-19(29)20-26-25-18(30-20)12-27(10-9-17(23)28)16-7-5-15(22)6-8-16/h1-8H,9-12H2,(H2,23,28)(H,24,29). The van der Waals surface area contributed by atoms with Gasteiger partial charge in [0.25, 0.3) is 5.91 Å². The first-order chi connectivity index (χ1) is 14.4. The second kappa shape index (κ2) is 9.88. The van der Waals surface area contributed by atoms with Gasteiger partial charge in [0.15, 0.2) is 0 Å². The van der Waals surface area contributed by atoms with Gasteiger partial charge in [0.1, 0.15) is 16.6 Å². The Balaban J connectivity index is 1.64. The van der Waals surface area contributed by atoms with Crippen LogP contribution in [-0.4, -0.2) is 28.6 Å². The molecular formula is C20H19F2N5O2S. The van der Waals surface area contributed by atoms with Crippen LogP contribution in [0.15, 0.2) is 48.5 Å². The van der Waals surface area contributed by atoms with Crippen LogP contribution in [0.3, 0.4) is 0 Å². The topological polar surface area (TPSA) is 101 Å². The number of hydrogen-bond donors (Lipinski definition) is 2. The van der Waals surface area contributed by atoms with E-state index in [0.717, 1.165) is 16.9 Å². The second-order valence-corrected chi connectivity index (χ2v) is 7.49. The number of benzene rings is 2. The summed E-state index contributed by atoms with van der Waals surface area (Å²) in [4.78, 5) is 25.3. The van der Waals surface area contributed by atoms with Crippen LogP contribution in [0.4, 0.5) is 14.5 Å². The fraction of sp³-hybridized carbons (Fsp3) is 0.200. The molecule has 0 aliphatic heterocycles. The summed E-state index contributed by atoms with van der Waals surface area (Å²) in [6.07, 6.45) is 0.112. The third kappa shape index (κ3) is 6.05. The molecule has 30 heavy (non-hydrogen) atoms. The van der Waals surface area contributed by atoms with Gasteiger partial charge in [0.2, 0.25) is 10.9 Å². The molecule has 3 rings (SSSR count). The van der Waals surface area contributed by atoms with Gasteiger partial charge in [0.05, 0.1) is 6.54 Å². The van der Waals surface area contributed by atoms with Gasteiger partial charge in [-0.25, -0.2) is 8.78 Å². The third-order valence-electron chi connectivity index (χ3n) is 4.17. The summed E-state index contributed by atoms with van der Waals surface area (Å²) in [5, 5.41) is 11.4. The van der Waals surface area contributed by atoms with E-state index in [-0.39, 0.29) is 36.2 Å². The van der Waals surface area contributed by atoms with E-state index in [1.165, 1.54) is 24.3 Å². The van der Waals surface area contributed by atoms with Crippen LogP contribution in [0.1, 0.15) is 26.8 Å². The molecule has 0 aliphatic carbocycles. The maximum absolute atomic E-state index is 13.2. The number of nitrogens with two attached hydrogens (primary N) is 1. The smallest absolute Gasteiger partial charge is 0.282 e. The van der Waals surface area contributed by atoms with Crippen LogP contribution in [0.25, 0.3) is 0 Å². The monoisotopic (exact) mass is 431 g/mol. The molecule has 0 saturated carbocycles. The van der Waals surface area contributed by atoms with Crippen molar-refractivity contribution in [3.05, 3.63) is 75.7 Å². The summed E-state index contributed by atoms with van der Waals surface area (Å²) >= 11 is 1.11. The SMILES string of the molecule is NC(=O)CCN(Cc1nnc(C(=O)NCc2ccc(F)cc2)s1)c1ccc(F)cc1. The van der Waals surface area contributed by atoms with E-state index in [1.54, 1.807) is 24.3 Å². The first-order valence-corrected chi connectivity index (χ1v) is 9.86. The van der Waals surface area contributed by atoms with Crippen molar-refractivity contribution < 1.29 is 18.4 Å². The Hall–Kier alpha value is -3.40. The highest BCUT2D eigenvalue weighted by Crippen LogP contribution is 2.20. The summed E-state index contributed by atoms with van der Waals surface area (Å²) in [6, 6.07) is 11.6. The van der Waals surface area contributed by atoms with Gasteiger partial charge in [-0.15, -0.1) is 10.2 Å². The zero-order chi connectivity index (χ0) is 21.5. The number of nitrogens with one attached hydrogen (secondary N) is 1. The molecule has 0 fully saturated rings. The van der Waals surface area contributed by atoms with Gasteiger partial charge in [-0.2, -0.15) is 0 Å². The molecule has 7 nitrogen and oxygen atoms in total. The van der Waals surface area contributed by atoms with Crippen molar-refractivity contribution in [2.45, 2.75) is 19.5 Å². The molecule has 3 aromatic rings. The number of hydrogen-bond acceptors (Lipinski definition) is 6. The van der Waals surface area contributed by atoms with Crippen molar-refractivity contribution in [3.63, 3.8) is 0 Å². The zero-order valence-electron chi connectivity index (χ0n) is 15.8. The highest BCUT2D eigenvalue weighted by molar-refractivity contribution is 7.13. The first-order valence-electron chi connectivity index (χ1n) is 9.04. The Morgan fingerprint density at radius 3 is 2.27 bits per heavy atom. The molecule has 0 atom stereocenters. The molecule has 0 aliphatic rings. The summed E-state index contributed by atoms with van der Waals surface area (Å²) < 4.78 is 26.2. The maximum Gasteiger partial charge on any atom is 0.282 e. The van der Waals surface area contributed by atoms with Gasteiger partial charge in [0, 0.05) is 25.2 Å². The normalized spacial score (nSPS) is 10.6. The van der Waals surface area contributed by atoms with Gasteiger partial charge >= 0.3 is 0 Å². The largest absolute Gasteiger partial charge is 0.370 e. The summed E-state index contributed by atoms with van der Waals surface area (Å²) in [7, 11) is 0. The minimum Gasteiger partial charge on any atom is -0.370 e. The van der Waals surface area contributed by atoms with Gasteiger partial charge in [-0.1, -0.05) is 23.5 Å². The van der Waals surface area contributed by atoms with Gasteiger partial charge < -0.3 is 16.0 Å². The molecule has 0 unspecified atom stereocenters. The van der Waals surface area contributed by atoms with E-state index in [4.69, 9.17) is 5.73 Å². The van der Waals surface area contributed by atoms with Crippen molar-refractivity contribution in [2.75, 3.05) is 11.4 Å². The zero-order valence-corrected chi connectivity index (χ0v) is 16.7. The van der Waals surface area contributed by atoms with Crippen LogP contribution >= 0.6 is 11.3 Å². The Labute approximate surface area is 175 Å². The van der Waals surface area contributed by atoms with Crippen molar-refractivity contribution in [2.24, 2.45) is 5.73 Å². The van der Waals surface area contributed by atoms with E-state index in [9.17, 15) is 18.4 Å². The second-order valence-electron chi connectivity index (χ2n) is 6.42. The number of anilines is 1. The lowest BCUT2D eigenvalue weighted by Gasteiger charge is -2.23. The quantitative estimate of drug-likeness (QED) is 0.542. The highest BCUT2D eigenvalue weighted by atomic mass is 32.1. The molecule has 0 saturated heterocycles. The lowest BCUT2D eigenvalue weighted by atomic mass is 10.2. The Kier molecular flexibility index (Phi) is 7.02. The number of nitrogens with zero attached hydrogens (tertiary/aromatic N) is 3. The Morgan fingerprint density at radius 1 is 1.00 bits per heavy atom. The van der Waals surface area contributed by atoms with E-state index in [0.29, 0.717) is 17.2 Å². The predicted molar refractivity (Wildman–Crippen MR) is 109 cm³/mol. The van der Waals surface area contributed by atoms with Crippen LogP contribution in [0.2, 0.25) is 0 Å². The number of aromatic nitrogens is 2. The van der Waals surface area contributed by atoms with E-state index in [2.05, 4.69) is 15.5 Å². The number of amides is 2. The lowest BCUT2D eigenvalue weighted by Crippen LogP contribution is -2.27. The molecule has 3 N–H and O–H groups in total. The van der Waals surface area contributed by atoms with Crippen LogP contribution < -0.4 is 16.0 Å². The minimum atomic E-state index is -0.458. The van der Waals surface area contributed by atoms with Gasteiger partial charge in [-0.3, -0.25) is 9.59 Å². The molecule has 156 valence electrons. The molecule has 1 heterocycles. The molecule has 1 aromatic heterocycles. The maximum atomic E-state index is 13.2. The first kappa shape index (κ1) is 21.3. The summed E-state index contributed by atoms with van der Waals surface area (Å²) in [6.45, 7) is 0.822. The fourth-order valence-electron chi connectivity index (χ4n) is 2.63. The average Bonchev–Trinajstić information content (AvgIpc) is 3.20. The number of halogens is 2. The average molecular weight is 431 g/mol. The molecule has 0 bridgehead atoms. The van der Waals surface area contributed by atoms with E-state index in [1.807, 2.05) is 4.90 Å². The number of carbonyl (C=O) groups excluding carboxylic acids is 2. The molecule has 10 heteroatoms. The summed E-state index contributed by atoms with van der Waals surface area (Å²) in [5.41, 5.74) is 6.69. The molecule has 0 spiro atoms. The molecular weight excluding hydrogens is 412 g/mol. The van der Waals surface area contributed by atoms with Gasteiger partial charge in [-0.05, 0) is 42.0 Å². The molecule has 0 radical (unpaired) electrons. The van der Waals surface area contributed by atoms with Crippen molar-refractivity contribution >= 4 is 28.8 Å². The predicted octanol–water partition coefficient (Wildman–Crippen LogP) is 2.63. The van der Waals surface area contributed by atoms with Crippen LogP contribution in [0.5, 0.6) is 0 Å². The lowest BCUT2D eigenvalue weighted by molar-refractivity contribution is -0.117. The fourth-order valence-corrected chi connectivity index (χ4v) is 3.40. The minimum absolute atomic E-state index is 0.112. The van der Waals surface area contributed by atoms with Crippen molar-refractivity contribution in [1.82, 2.24) is 15.5 Å². The number of primary amides is 1. The molecule has 2 aromatic carbocycles. The Bertz CT molecular complexity index is 1010. The van der Waals surface area contributed by atoms with Crippen LogP contribution in [0, 0.1) is 11.6 Å². The van der Waals surface area contributed by atoms with E-state index < -0.39 is 11.8 Å². The number of carbonyl (C=O) groups is 2. The van der Waals surface area contributed by atoms with Crippen LogP contribution in [-0.2, 0) is 17.9 Å². The van der Waals surface area contributed by atoms with Crippen molar-refractivity contribution in [3.8, 4) is 0 Å². The van der Waals surface area contributed by atoms with Crippen molar-refractivity contribution in [1.29, 1.82) is 0 Å². The molecule has 2 amide bonds. The Morgan fingerprint density at radius 2 is 1.63 bits per heavy atom. The van der Waals surface area contributed by atoms with E-state index >= 15 is 0 Å². The number of rotatable bonds is 9.